The largest absolute Gasteiger partial charge is 0.462 e. The molecule has 0 saturated heterocycles. The number of esters is 1. The zero-order chi connectivity index (χ0) is 18.6. The Balaban J connectivity index is 1.48. The van der Waals surface area contributed by atoms with Gasteiger partial charge < -0.3 is 4.74 Å². The number of ether oxygens (including phenoxy) is 1. The van der Waals surface area contributed by atoms with Gasteiger partial charge in [-0.25, -0.2) is 0 Å². The first-order valence-corrected chi connectivity index (χ1v) is 11.2. The number of carbonyl (C=O) groups excluding carboxylic acids is 2. The molecule has 3 nitrogen and oxygen atoms in total. The lowest BCUT2D eigenvalue weighted by atomic mass is 9.52. The Morgan fingerprint density at radius 3 is 2.08 bits per heavy atom. The first-order valence-electron chi connectivity index (χ1n) is 11.2. The fraction of sp³-hybridized carbons (Fsp3) is 0.913. The maximum atomic E-state index is 13.0. The van der Waals surface area contributed by atoms with E-state index in [0.717, 1.165) is 70.1 Å². The van der Waals surface area contributed by atoms with Gasteiger partial charge in [-0.3, -0.25) is 9.59 Å². The van der Waals surface area contributed by atoms with Gasteiger partial charge in [0.1, 0.15) is 11.9 Å². The van der Waals surface area contributed by atoms with Gasteiger partial charge in [-0.05, 0) is 82.0 Å². The van der Waals surface area contributed by atoms with Crippen LogP contribution in [-0.2, 0) is 14.3 Å². The minimum absolute atomic E-state index is 0.106. The van der Waals surface area contributed by atoms with Gasteiger partial charge in [0.25, 0.3) is 0 Å². The van der Waals surface area contributed by atoms with Crippen molar-refractivity contribution < 1.29 is 14.3 Å². The molecule has 4 fully saturated rings. The molecule has 0 spiro atoms. The highest BCUT2D eigenvalue weighted by Gasteiger charge is 2.53. The number of rotatable bonds is 8. The zero-order valence-corrected chi connectivity index (χ0v) is 17.0. The molecule has 0 aromatic rings. The van der Waals surface area contributed by atoms with Crippen LogP contribution in [0.2, 0.25) is 0 Å². The second-order valence-electron chi connectivity index (χ2n) is 9.51. The van der Waals surface area contributed by atoms with Crippen molar-refractivity contribution in [2.24, 2.45) is 16.7 Å². The average Bonchev–Trinajstić information content (AvgIpc) is 2.69. The highest BCUT2D eigenvalue weighted by Crippen LogP contribution is 2.59. The minimum atomic E-state index is -0.198. The van der Waals surface area contributed by atoms with E-state index < -0.39 is 0 Å². The van der Waals surface area contributed by atoms with Gasteiger partial charge in [0.2, 0.25) is 0 Å². The van der Waals surface area contributed by atoms with Crippen LogP contribution in [0.25, 0.3) is 0 Å². The van der Waals surface area contributed by atoms with E-state index in [0.29, 0.717) is 17.6 Å². The highest BCUT2D eigenvalue weighted by atomic mass is 16.5. The van der Waals surface area contributed by atoms with Crippen LogP contribution in [0.1, 0.15) is 110 Å². The summed E-state index contributed by atoms with van der Waals surface area (Å²) in [4.78, 5) is 24.7. The van der Waals surface area contributed by atoms with Crippen LogP contribution in [-0.4, -0.2) is 17.9 Å². The highest BCUT2D eigenvalue weighted by molar-refractivity contribution is 5.78. The molecule has 0 radical (unpaired) electrons. The Bertz CT molecular complexity index is 477. The molecule has 0 aromatic carbocycles. The van der Waals surface area contributed by atoms with Crippen LogP contribution in [0, 0.1) is 16.7 Å². The maximum absolute atomic E-state index is 13.0. The van der Waals surface area contributed by atoms with Crippen molar-refractivity contribution in [3.8, 4) is 0 Å². The number of carbonyl (C=O) groups is 2. The molecule has 0 atom stereocenters. The van der Waals surface area contributed by atoms with E-state index in [2.05, 4.69) is 6.92 Å². The van der Waals surface area contributed by atoms with Crippen molar-refractivity contribution in [1.82, 2.24) is 0 Å². The summed E-state index contributed by atoms with van der Waals surface area (Å²) in [5.74, 6) is 1.35. The molecule has 0 heterocycles. The van der Waals surface area contributed by atoms with Crippen molar-refractivity contribution in [2.75, 3.05) is 0 Å². The van der Waals surface area contributed by atoms with Gasteiger partial charge in [-0.1, -0.05) is 26.7 Å². The Morgan fingerprint density at radius 2 is 1.54 bits per heavy atom. The molecule has 0 unspecified atom stereocenters. The minimum Gasteiger partial charge on any atom is -0.462 e. The molecule has 26 heavy (non-hydrogen) atoms. The van der Waals surface area contributed by atoms with Crippen LogP contribution in [0.15, 0.2) is 0 Å². The maximum Gasteiger partial charge on any atom is 0.312 e. The summed E-state index contributed by atoms with van der Waals surface area (Å²) in [6, 6.07) is 0. The summed E-state index contributed by atoms with van der Waals surface area (Å²) in [5, 5.41) is 0. The summed E-state index contributed by atoms with van der Waals surface area (Å²) in [6.07, 6.45) is 16.1. The molecular weight excluding hydrogens is 324 g/mol. The number of ketones is 1. The van der Waals surface area contributed by atoms with E-state index in [-0.39, 0.29) is 17.5 Å². The Labute approximate surface area is 159 Å². The normalized spacial score (nSPS) is 36.7. The molecule has 4 aliphatic rings. The van der Waals surface area contributed by atoms with Gasteiger partial charge in [-0.15, -0.1) is 0 Å². The molecule has 2 bridgehead atoms. The lowest BCUT2D eigenvalue weighted by molar-refractivity contribution is -0.173. The van der Waals surface area contributed by atoms with E-state index in [1.807, 2.05) is 6.92 Å². The van der Waals surface area contributed by atoms with E-state index in [9.17, 15) is 9.59 Å². The monoisotopic (exact) mass is 362 g/mol. The summed E-state index contributed by atoms with van der Waals surface area (Å²) < 4.78 is 6.03. The predicted octanol–water partition coefficient (Wildman–Crippen LogP) is 5.99. The SMILES string of the molecule is CCCC1CCC(OC(=O)C23CCC(CCC(=O)CC)(CC2)CC3)CC1. The molecule has 4 saturated carbocycles. The van der Waals surface area contributed by atoms with Crippen molar-refractivity contribution in [3.05, 3.63) is 0 Å². The number of Topliss-reactive ketones (excluding diaryl/α,β-unsaturated/α-hetero) is 1. The molecular formula is C23H38O3. The van der Waals surface area contributed by atoms with Gasteiger partial charge in [0.05, 0.1) is 5.41 Å². The third-order valence-corrected chi connectivity index (χ3v) is 7.93. The van der Waals surface area contributed by atoms with Crippen molar-refractivity contribution in [1.29, 1.82) is 0 Å². The Hall–Kier alpha value is -0.860. The molecule has 0 amide bonds. The average molecular weight is 363 g/mol. The smallest absolute Gasteiger partial charge is 0.312 e. The predicted molar refractivity (Wildman–Crippen MR) is 104 cm³/mol. The summed E-state index contributed by atoms with van der Waals surface area (Å²) >= 11 is 0. The van der Waals surface area contributed by atoms with E-state index in [1.54, 1.807) is 0 Å². The third-order valence-electron chi connectivity index (χ3n) is 7.93. The number of fused-ring (bicyclic) bond motifs is 3. The zero-order valence-electron chi connectivity index (χ0n) is 17.0. The fourth-order valence-electron chi connectivity index (χ4n) is 5.75. The van der Waals surface area contributed by atoms with Crippen LogP contribution in [0.5, 0.6) is 0 Å². The van der Waals surface area contributed by atoms with Crippen molar-refractivity contribution >= 4 is 11.8 Å². The van der Waals surface area contributed by atoms with Crippen LogP contribution >= 0.6 is 0 Å². The topological polar surface area (TPSA) is 43.4 Å². The number of hydrogen-bond donors (Lipinski definition) is 0. The molecule has 0 aromatic heterocycles. The van der Waals surface area contributed by atoms with Crippen molar-refractivity contribution in [2.45, 2.75) is 116 Å². The Morgan fingerprint density at radius 1 is 0.923 bits per heavy atom. The van der Waals surface area contributed by atoms with Crippen LogP contribution < -0.4 is 0 Å². The fourth-order valence-corrected chi connectivity index (χ4v) is 5.75. The third kappa shape index (κ3) is 4.34. The molecule has 0 N–H and O–H groups in total. The second kappa shape index (κ2) is 8.44. The first-order chi connectivity index (χ1) is 12.5. The van der Waals surface area contributed by atoms with E-state index in [4.69, 9.17) is 4.74 Å². The molecule has 3 heteroatoms. The standard InChI is InChI=1S/C23H38O3/c1-3-5-18-6-8-20(9-7-18)26-21(25)23-15-12-22(13-16-23,14-17-23)11-10-19(24)4-2/h18,20H,3-17H2,1-2H3. The van der Waals surface area contributed by atoms with Crippen LogP contribution in [0.3, 0.4) is 0 Å². The lowest BCUT2D eigenvalue weighted by Gasteiger charge is -2.52. The summed E-state index contributed by atoms with van der Waals surface area (Å²) in [5.41, 5.74) is 0.141. The molecule has 148 valence electrons. The molecule has 4 aliphatic carbocycles. The summed E-state index contributed by atoms with van der Waals surface area (Å²) in [6.45, 7) is 4.22. The number of hydrogen-bond acceptors (Lipinski definition) is 3. The Kier molecular flexibility index (Phi) is 6.45. The van der Waals surface area contributed by atoms with Gasteiger partial charge >= 0.3 is 5.97 Å². The first kappa shape index (κ1) is 19.9. The van der Waals surface area contributed by atoms with E-state index in [1.165, 1.54) is 25.7 Å². The van der Waals surface area contributed by atoms with Gasteiger partial charge in [0.15, 0.2) is 0 Å². The van der Waals surface area contributed by atoms with Crippen LogP contribution in [0.4, 0.5) is 0 Å². The second-order valence-corrected chi connectivity index (χ2v) is 9.51. The lowest BCUT2D eigenvalue weighted by Crippen LogP contribution is -2.47. The molecule has 0 aliphatic heterocycles. The summed E-state index contributed by atoms with van der Waals surface area (Å²) in [7, 11) is 0. The van der Waals surface area contributed by atoms with Gasteiger partial charge in [-0.2, -0.15) is 0 Å². The van der Waals surface area contributed by atoms with Crippen molar-refractivity contribution in [3.63, 3.8) is 0 Å². The van der Waals surface area contributed by atoms with Gasteiger partial charge in [0, 0.05) is 12.8 Å². The molecule has 4 rings (SSSR count). The van der Waals surface area contributed by atoms with E-state index >= 15 is 0 Å². The quantitative estimate of drug-likeness (QED) is 0.498.